The molecule has 0 atom stereocenters. The Morgan fingerprint density at radius 2 is 2.12 bits per heavy atom. The number of para-hydroxylation sites is 1. The molecule has 1 aromatic heterocycles. The second-order valence-corrected chi connectivity index (χ2v) is 4.40. The Hall–Kier alpha value is -1.42. The highest BCUT2D eigenvalue weighted by Crippen LogP contribution is 2.46. The van der Waals surface area contributed by atoms with Crippen LogP contribution in [0.4, 0.5) is 8.78 Å². The number of furan rings is 1. The summed E-state index contributed by atoms with van der Waals surface area (Å²) in [4.78, 5) is 0. The molecule has 1 aliphatic rings. The summed E-state index contributed by atoms with van der Waals surface area (Å²) in [5, 5.41) is 0.590. The number of halogens is 2. The van der Waals surface area contributed by atoms with E-state index in [1.165, 1.54) is 6.07 Å². The molecule has 1 fully saturated rings. The summed E-state index contributed by atoms with van der Waals surface area (Å²) in [6.45, 7) is 0. The van der Waals surface area contributed by atoms with Crippen molar-refractivity contribution >= 4 is 11.0 Å². The Morgan fingerprint density at radius 1 is 1.38 bits per heavy atom. The van der Waals surface area contributed by atoms with E-state index >= 15 is 0 Å². The van der Waals surface area contributed by atoms with Crippen molar-refractivity contribution in [3.05, 3.63) is 35.8 Å². The molecule has 2 aromatic rings. The first-order valence-corrected chi connectivity index (χ1v) is 5.21. The molecule has 0 spiro atoms. The van der Waals surface area contributed by atoms with Gasteiger partial charge in [-0.15, -0.1) is 0 Å². The van der Waals surface area contributed by atoms with Crippen molar-refractivity contribution in [2.24, 2.45) is 5.73 Å². The topological polar surface area (TPSA) is 39.2 Å². The molecule has 2 N–H and O–H groups in total. The van der Waals surface area contributed by atoms with E-state index in [1.54, 1.807) is 18.2 Å². The first-order chi connectivity index (χ1) is 7.58. The maximum Gasteiger partial charge on any atom is 0.171 e. The van der Waals surface area contributed by atoms with Gasteiger partial charge in [-0.1, -0.05) is 12.1 Å². The molecule has 84 valence electrons. The van der Waals surface area contributed by atoms with Gasteiger partial charge < -0.3 is 10.2 Å². The summed E-state index contributed by atoms with van der Waals surface area (Å²) >= 11 is 0. The Morgan fingerprint density at radius 3 is 2.75 bits per heavy atom. The van der Waals surface area contributed by atoms with Crippen molar-refractivity contribution in [2.45, 2.75) is 24.6 Å². The largest absolute Gasteiger partial charge is 0.455 e. The van der Waals surface area contributed by atoms with Crippen LogP contribution in [0, 0.1) is 5.82 Å². The minimum atomic E-state index is -1.51. The van der Waals surface area contributed by atoms with E-state index in [9.17, 15) is 8.78 Å². The first kappa shape index (κ1) is 9.78. The second kappa shape index (κ2) is 3.04. The van der Waals surface area contributed by atoms with Crippen LogP contribution in [0.15, 0.2) is 28.7 Å². The molecule has 1 aliphatic carbocycles. The molecule has 16 heavy (non-hydrogen) atoms. The van der Waals surface area contributed by atoms with Crippen LogP contribution in [-0.2, 0) is 5.67 Å². The Balaban J connectivity index is 2.09. The highest BCUT2D eigenvalue weighted by Gasteiger charge is 2.47. The fourth-order valence-electron chi connectivity index (χ4n) is 2.22. The normalized spacial score (nSPS) is 29.3. The average Bonchev–Trinajstić information content (AvgIpc) is 2.61. The van der Waals surface area contributed by atoms with Crippen molar-refractivity contribution in [1.29, 1.82) is 0 Å². The predicted molar refractivity (Wildman–Crippen MR) is 56.2 cm³/mol. The minimum Gasteiger partial charge on any atom is -0.455 e. The zero-order valence-corrected chi connectivity index (χ0v) is 8.54. The number of hydrogen-bond acceptors (Lipinski definition) is 2. The molecule has 2 nitrogen and oxygen atoms in total. The number of benzene rings is 1. The van der Waals surface area contributed by atoms with E-state index in [1.807, 2.05) is 0 Å². The third kappa shape index (κ3) is 1.26. The summed E-state index contributed by atoms with van der Waals surface area (Å²) in [6, 6.07) is 6.02. The maximum absolute atomic E-state index is 14.2. The lowest BCUT2D eigenvalue weighted by Crippen LogP contribution is -2.45. The lowest BCUT2D eigenvalue weighted by molar-refractivity contribution is 0.0194. The van der Waals surface area contributed by atoms with E-state index in [-0.39, 0.29) is 30.2 Å². The zero-order valence-electron chi connectivity index (χ0n) is 8.54. The monoisotopic (exact) mass is 223 g/mol. The fourth-order valence-corrected chi connectivity index (χ4v) is 2.22. The predicted octanol–water partition coefficient (Wildman–Crippen LogP) is 2.86. The molecule has 1 saturated carbocycles. The molecule has 0 aliphatic heterocycles. The molecular formula is C12H11F2NO. The quantitative estimate of drug-likeness (QED) is 0.807. The van der Waals surface area contributed by atoms with Crippen LogP contribution >= 0.6 is 0 Å². The number of alkyl halides is 1. The Labute approximate surface area is 91.0 Å². The molecule has 4 heteroatoms. The van der Waals surface area contributed by atoms with Gasteiger partial charge in [-0.3, -0.25) is 0 Å². The molecule has 3 rings (SSSR count). The fraction of sp³-hybridized carbons (Fsp3) is 0.333. The Bertz CT molecular complexity index is 543. The highest BCUT2D eigenvalue weighted by atomic mass is 19.1. The molecular weight excluding hydrogens is 212 g/mol. The van der Waals surface area contributed by atoms with Gasteiger partial charge in [0.1, 0.15) is 5.76 Å². The van der Waals surface area contributed by atoms with Crippen LogP contribution in [0.3, 0.4) is 0 Å². The van der Waals surface area contributed by atoms with Crippen molar-refractivity contribution in [3.8, 4) is 0 Å². The van der Waals surface area contributed by atoms with E-state index in [0.29, 0.717) is 5.39 Å². The van der Waals surface area contributed by atoms with Crippen molar-refractivity contribution in [2.75, 3.05) is 0 Å². The number of nitrogens with two attached hydrogens (primary N) is 1. The van der Waals surface area contributed by atoms with Crippen LogP contribution in [0.2, 0.25) is 0 Å². The number of fused-ring (bicyclic) bond motifs is 1. The van der Waals surface area contributed by atoms with Crippen molar-refractivity contribution < 1.29 is 13.2 Å². The van der Waals surface area contributed by atoms with E-state index in [0.717, 1.165) is 0 Å². The van der Waals surface area contributed by atoms with E-state index < -0.39 is 11.5 Å². The maximum atomic E-state index is 14.2. The zero-order chi connectivity index (χ0) is 11.3. The second-order valence-electron chi connectivity index (χ2n) is 4.40. The van der Waals surface area contributed by atoms with Gasteiger partial charge in [0.15, 0.2) is 17.1 Å². The molecule has 0 unspecified atom stereocenters. The van der Waals surface area contributed by atoms with Gasteiger partial charge in [0.25, 0.3) is 0 Å². The number of rotatable bonds is 1. The third-order valence-corrected chi connectivity index (χ3v) is 3.11. The van der Waals surface area contributed by atoms with Crippen molar-refractivity contribution in [1.82, 2.24) is 0 Å². The summed E-state index contributed by atoms with van der Waals surface area (Å²) in [5.74, 6) is -0.273. The smallest absolute Gasteiger partial charge is 0.171 e. The SMILES string of the molecule is NC1CC(F)(c2cc3cccc(F)c3o2)C1. The van der Waals surface area contributed by atoms with Gasteiger partial charge >= 0.3 is 0 Å². The molecule has 0 amide bonds. The molecule has 0 radical (unpaired) electrons. The lowest BCUT2D eigenvalue weighted by Gasteiger charge is -2.37. The summed E-state index contributed by atoms with van der Waals surface area (Å²) in [7, 11) is 0. The summed E-state index contributed by atoms with van der Waals surface area (Å²) in [6.07, 6.45) is 0.489. The minimum absolute atomic E-state index is 0.120. The summed E-state index contributed by atoms with van der Waals surface area (Å²) < 4.78 is 32.8. The van der Waals surface area contributed by atoms with E-state index in [2.05, 4.69) is 0 Å². The van der Waals surface area contributed by atoms with Crippen LogP contribution in [0.25, 0.3) is 11.0 Å². The number of hydrogen-bond donors (Lipinski definition) is 1. The van der Waals surface area contributed by atoms with Crippen LogP contribution < -0.4 is 5.73 Å². The highest BCUT2D eigenvalue weighted by molar-refractivity contribution is 5.78. The van der Waals surface area contributed by atoms with E-state index in [4.69, 9.17) is 10.2 Å². The summed E-state index contributed by atoms with van der Waals surface area (Å²) in [5.41, 5.74) is 4.17. The van der Waals surface area contributed by atoms with Crippen molar-refractivity contribution in [3.63, 3.8) is 0 Å². The standard InChI is InChI=1S/C12H11F2NO/c13-9-3-1-2-7-4-10(16-11(7)9)12(14)5-8(15)6-12/h1-4,8H,5-6,15H2. The first-order valence-electron chi connectivity index (χ1n) is 5.21. The third-order valence-electron chi connectivity index (χ3n) is 3.11. The molecule has 1 aromatic carbocycles. The Kier molecular flexibility index (Phi) is 1.86. The van der Waals surface area contributed by atoms with Gasteiger partial charge in [-0.25, -0.2) is 8.78 Å². The lowest BCUT2D eigenvalue weighted by atomic mass is 9.76. The van der Waals surface area contributed by atoms with Crippen LogP contribution in [0.5, 0.6) is 0 Å². The average molecular weight is 223 g/mol. The van der Waals surface area contributed by atoms with Gasteiger partial charge in [-0.2, -0.15) is 0 Å². The molecule has 0 bridgehead atoms. The van der Waals surface area contributed by atoms with Crippen LogP contribution in [0.1, 0.15) is 18.6 Å². The van der Waals surface area contributed by atoms with Gasteiger partial charge in [0, 0.05) is 24.3 Å². The van der Waals surface area contributed by atoms with Gasteiger partial charge in [-0.05, 0) is 12.1 Å². The van der Waals surface area contributed by atoms with Gasteiger partial charge in [0.05, 0.1) is 0 Å². The van der Waals surface area contributed by atoms with Crippen LogP contribution in [-0.4, -0.2) is 6.04 Å². The van der Waals surface area contributed by atoms with Gasteiger partial charge in [0.2, 0.25) is 0 Å². The molecule has 0 saturated heterocycles. The molecule has 1 heterocycles.